The Balaban J connectivity index is 2.39. The molecule has 5 heteroatoms. The fourth-order valence-electron chi connectivity index (χ4n) is 1.40. The zero-order chi connectivity index (χ0) is 12.7. The first-order valence-electron chi connectivity index (χ1n) is 5.43. The molecule has 0 saturated carbocycles. The monoisotopic (exact) mass is 256 g/mol. The zero-order valence-electron chi connectivity index (χ0n) is 10.0. The van der Waals surface area contributed by atoms with Crippen LogP contribution in [-0.4, -0.2) is 25.4 Å². The first kappa shape index (κ1) is 13.9. The number of hydrogen-bond donors (Lipinski definition) is 2. The molecule has 0 amide bonds. The molecule has 0 aliphatic carbocycles. The molecule has 0 aliphatic heterocycles. The molecule has 0 atom stereocenters. The Kier molecular flexibility index (Phi) is 5.86. The number of halogens is 1. The van der Waals surface area contributed by atoms with Gasteiger partial charge in [-0.15, -0.1) is 0 Å². The summed E-state index contributed by atoms with van der Waals surface area (Å²) in [5, 5.41) is 6.45. The van der Waals surface area contributed by atoms with Crippen molar-refractivity contribution in [2.75, 3.05) is 25.6 Å². The van der Waals surface area contributed by atoms with Crippen LogP contribution in [0.5, 0.6) is 0 Å². The van der Waals surface area contributed by atoms with E-state index in [9.17, 15) is 4.39 Å². The summed E-state index contributed by atoms with van der Waals surface area (Å²) in [4.78, 5) is 0. The third-order valence-electron chi connectivity index (χ3n) is 2.11. The van der Waals surface area contributed by atoms with Gasteiger partial charge in [0.05, 0.1) is 0 Å². The molecule has 17 heavy (non-hydrogen) atoms. The van der Waals surface area contributed by atoms with Crippen LogP contribution in [0.15, 0.2) is 18.2 Å². The number of methoxy groups -OCH3 is 1. The predicted octanol–water partition coefficient (Wildman–Crippen LogP) is 2.46. The number of ether oxygens (including phenoxy) is 1. The van der Waals surface area contributed by atoms with Crippen molar-refractivity contribution in [1.29, 1.82) is 0 Å². The number of nitrogens with one attached hydrogen (secondary N) is 2. The summed E-state index contributed by atoms with van der Waals surface area (Å²) < 4.78 is 18.0. The first-order chi connectivity index (χ1) is 8.11. The Hall–Kier alpha value is -1.20. The van der Waals surface area contributed by atoms with E-state index in [2.05, 4.69) is 10.6 Å². The fraction of sp³-hybridized carbons (Fsp3) is 0.417. The highest BCUT2D eigenvalue weighted by Crippen LogP contribution is 2.12. The standard InChI is InChI=1S/C12H17FN2OS/c1-9-6-10(13)8-11(7-9)15-12(17)14-4-3-5-16-2/h6-8H,3-5H2,1-2H3,(H2,14,15,17). The smallest absolute Gasteiger partial charge is 0.170 e. The minimum Gasteiger partial charge on any atom is -0.385 e. The molecule has 0 bridgehead atoms. The van der Waals surface area contributed by atoms with Crippen molar-refractivity contribution >= 4 is 23.0 Å². The second-order valence-corrected chi connectivity index (χ2v) is 4.15. The van der Waals surface area contributed by atoms with Crippen molar-refractivity contribution in [3.8, 4) is 0 Å². The molecule has 0 radical (unpaired) electrons. The largest absolute Gasteiger partial charge is 0.385 e. The molecule has 2 N–H and O–H groups in total. The van der Waals surface area contributed by atoms with Gasteiger partial charge in [0.2, 0.25) is 0 Å². The highest BCUT2D eigenvalue weighted by atomic mass is 32.1. The molecule has 94 valence electrons. The quantitative estimate of drug-likeness (QED) is 0.626. The van der Waals surface area contributed by atoms with E-state index in [1.807, 2.05) is 13.0 Å². The van der Waals surface area contributed by atoms with Crippen LogP contribution in [0.25, 0.3) is 0 Å². The Morgan fingerprint density at radius 1 is 1.41 bits per heavy atom. The van der Waals surface area contributed by atoms with Gasteiger partial charge in [0.25, 0.3) is 0 Å². The van der Waals surface area contributed by atoms with Crippen LogP contribution in [-0.2, 0) is 4.74 Å². The van der Waals surface area contributed by atoms with Gasteiger partial charge in [0, 0.05) is 25.9 Å². The van der Waals surface area contributed by atoms with Gasteiger partial charge in [0.15, 0.2) is 5.11 Å². The maximum Gasteiger partial charge on any atom is 0.170 e. The Labute approximate surface area is 106 Å². The van der Waals surface area contributed by atoms with E-state index in [4.69, 9.17) is 17.0 Å². The molecule has 0 aromatic heterocycles. The van der Waals surface area contributed by atoms with E-state index in [0.717, 1.165) is 18.5 Å². The molecule has 0 fully saturated rings. The summed E-state index contributed by atoms with van der Waals surface area (Å²) >= 11 is 5.09. The normalized spacial score (nSPS) is 10.1. The zero-order valence-corrected chi connectivity index (χ0v) is 10.9. The number of thiocarbonyl (C=S) groups is 1. The third-order valence-corrected chi connectivity index (χ3v) is 2.36. The number of anilines is 1. The van der Waals surface area contributed by atoms with Crippen LogP contribution in [0.2, 0.25) is 0 Å². The molecule has 3 nitrogen and oxygen atoms in total. The van der Waals surface area contributed by atoms with Gasteiger partial charge < -0.3 is 15.4 Å². The summed E-state index contributed by atoms with van der Waals surface area (Å²) in [6.07, 6.45) is 0.875. The summed E-state index contributed by atoms with van der Waals surface area (Å²) in [6, 6.07) is 4.72. The lowest BCUT2D eigenvalue weighted by atomic mass is 10.2. The van der Waals surface area contributed by atoms with Gasteiger partial charge in [-0.3, -0.25) is 0 Å². The van der Waals surface area contributed by atoms with Crippen molar-refractivity contribution in [3.05, 3.63) is 29.6 Å². The fourth-order valence-corrected chi connectivity index (χ4v) is 1.62. The van der Waals surface area contributed by atoms with Crippen LogP contribution in [0, 0.1) is 12.7 Å². The van der Waals surface area contributed by atoms with Crippen molar-refractivity contribution < 1.29 is 9.13 Å². The highest BCUT2D eigenvalue weighted by molar-refractivity contribution is 7.80. The minimum atomic E-state index is -0.269. The first-order valence-corrected chi connectivity index (χ1v) is 5.83. The van der Waals surface area contributed by atoms with Gasteiger partial charge in [-0.05, 0) is 49.3 Å². The third kappa shape index (κ3) is 5.60. The number of benzene rings is 1. The molecule has 1 aromatic carbocycles. The second-order valence-electron chi connectivity index (χ2n) is 3.74. The van der Waals surface area contributed by atoms with E-state index < -0.39 is 0 Å². The van der Waals surface area contributed by atoms with E-state index in [0.29, 0.717) is 17.4 Å². The van der Waals surface area contributed by atoms with Crippen LogP contribution in [0.3, 0.4) is 0 Å². The van der Waals surface area contributed by atoms with E-state index in [-0.39, 0.29) is 5.82 Å². The summed E-state index contributed by atoms with van der Waals surface area (Å²) in [5.41, 5.74) is 1.52. The van der Waals surface area contributed by atoms with Gasteiger partial charge in [-0.2, -0.15) is 0 Å². The Morgan fingerprint density at radius 2 is 2.18 bits per heavy atom. The summed E-state index contributed by atoms with van der Waals surface area (Å²) in [7, 11) is 1.66. The van der Waals surface area contributed by atoms with Crippen molar-refractivity contribution in [2.24, 2.45) is 0 Å². The van der Waals surface area contributed by atoms with Crippen LogP contribution < -0.4 is 10.6 Å². The molecule has 0 unspecified atom stereocenters. The van der Waals surface area contributed by atoms with Gasteiger partial charge in [0.1, 0.15) is 5.82 Å². The lowest BCUT2D eigenvalue weighted by Gasteiger charge is -2.10. The number of rotatable bonds is 5. The van der Waals surface area contributed by atoms with Gasteiger partial charge in [-0.1, -0.05) is 0 Å². The van der Waals surface area contributed by atoms with Gasteiger partial charge >= 0.3 is 0 Å². The maximum absolute atomic E-state index is 13.1. The lowest BCUT2D eigenvalue weighted by Crippen LogP contribution is -2.29. The van der Waals surface area contributed by atoms with E-state index in [1.165, 1.54) is 12.1 Å². The average Bonchev–Trinajstić information content (AvgIpc) is 2.23. The van der Waals surface area contributed by atoms with Crippen LogP contribution in [0.4, 0.5) is 10.1 Å². The Bertz CT molecular complexity index is 365. The molecule has 1 aromatic rings. The molecule has 0 spiro atoms. The SMILES string of the molecule is COCCCNC(=S)Nc1cc(C)cc(F)c1. The van der Waals surface area contributed by atoms with Crippen molar-refractivity contribution in [2.45, 2.75) is 13.3 Å². The molecule has 0 saturated heterocycles. The average molecular weight is 256 g/mol. The molecule has 0 heterocycles. The molecule has 0 aliphatic rings. The molecule has 1 rings (SSSR count). The lowest BCUT2D eigenvalue weighted by molar-refractivity contribution is 0.196. The number of hydrogen-bond acceptors (Lipinski definition) is 2. The summed E-state index contributed by atoms with van der Waals surface area (Å²) in [6.45, 7) is 3.26. The Morgan fingerprint density at radius 3 is 2.82 bits per heavy atom. The van der Waals surface area contributed by atoms with Crippen LogP contribution in [0.1, 0.15) is 12.0 Å². The summed E-state index contributed by atoms with van der Waals surface area (Å²) in [5.74, 6) is -0.269. The topological polar surface area (TPSA) is 33.3 Å². The van der Waals surface area contributed by atoms with Crippen molar-refractivity contribution in [1.82, 2.24) is 5.32 Å². The highest BCUT2D eigenvalue weighted by Gasteiger charge is 2.00. The minimum absolute atomic E-state index is 0.269. The maximum atomic E-state index is 13.1. The van der Waals surface area contributed by atoms with E-state index in [1.54, 1.807) is 7.11 Å². The predicted molar refractivity (Wildman–Crippen MR) is 71.9 cm³/mol. The van der Waals surface area contributed by atoms with E-state index >= 15 is 0 Å². The molecular weight excluding hydrogens is 239 g/mol. The van der Waals surface area contributed by atoms with Crippen LogP contribution >= 0.6 is 12.2 Å². The molecular formula is C12H17FN2OS. The second kappa shape index (κ2) is 7.19. The number of aryl methyl sites for hydroxylation is 1. The van der Waals surface area contributed by atoms with Gasteiger partial charge in [-0.25, -0.2) is 4.39 Å². The van der Waals surface area contributed by atoms with Crippen molar-refractivity contribution in [3.63, 3.8) is 0 Å².